The molecule has 3 aromatic heterocycles. The quantitative estimate of drug-likeness (QED) is 0.606. The number of hydrogen-bond acceptors (Lipinski definition) is 5. The third kappa shape index (κ3) is 3.59. The van der Waals surface area contributed by atoms with Crippen LogP contribution in [0.5, 0.6) is 0 Å². The summed E-state index contributed by atoms with van der Waals surface area (Å²) in [6, 6.07) is 15.6. The summed E-state index contributed by atoms with van der Waals surface area (Å²) in [5.74, 6) is -0.465. The van der Waals surface area contributed by atoms with E-state index in [9.17, 15) is 9.59 Å². The number of benzene rings is 1. The van der Waals surface area contributed by atoms with E-state index in [1.54, 1.807) is 42.9 Å². The van der Waals surface area contributed by atoms with Gasteiger partial charge in [0.05, 0.1) is 11.1 Å². The molecular formula is C21H15N3O3. The number of nitrogens with one attached hydrogen (secondary N) is 1. The van der Waals surface area contributed by atoms with Crippen LogP contribution in [0.4, 0.5) is 0 Å². The molecule has 0 aliphatic carbocycles. The minimum atomic E-state index is -0.450. The number of fused-ring (bicyclic) bond motifs is 1. The number of carbonyl (C=O) groups is 1. The minimum absolute atomic E-state index is 0.0151. The molecule has 0 radical (unpaired) electrons. The van der Waals surface area contributed by atoms with Crippen molar-refractivity contribution in [1.29, 1.82) is 0 Å². The van der Waals surface area contributed by atoms with Gasteiger partial charge in [0, 0.05) is 36.8 Å². The molecule has 0 aliphatic heterocycles. The van der Waals surface area contributed by atoms with E-state index >= 15 is 0 Å². The number of amides is 1. The molecule has 1 aromatic carbocycles. The zero-order valence-corrected chi connectivity index (χ0v) is 14.3. The second-order valence-electron chi connectivity index (χ2n) is 5.95. The number of hydrogen-bond donors (Lipinski definition) is 1. The number of nitrogens with zero attached hydrogens (tertiary/aromatic N) is 2. The zero-order chi connectivity index (χ0) is 18.6. The van der Waals surface area contributed by atoms with Crippen LogP contribution in [0.15, 0.2) is 82.4 Å². The van der Waals surface area contributed by atoms with Gasteiger partial charge in [0.15, 0.2) is 11.2 Å². The first kappa shape index (κ1) is 16.7. The van der Waals surface area contributed by atoms with Crippen LogP contribution in [0, 0.1) is 0 Å². The summed E-state index contributed by atoms with van der Waals surface area (Å²) in [5, 5.41) is 3.19. The monoisotopic (exact) mass is 357 g/mol. The van der Waals surface area contributed by atoms with E-state index in [0.29, 0.717) is 11.0 Å². The third-order valence-electron chi connectivity index (χ3n) is 4.09. The highest BCUT2D eigenvalue weighted by Gasteiger charge is 2.12. The molecule has 6 nitrogen and oxygen atoms in total. The topological polar surface area (TPSA) is 85.1 Å². The molecule has 0 aliphatic rings. The van der Waals surface area contributed by atoms with E-state index in [-0.39, 0.29) is 17.7 Å². The van der Waals surface area contributed by atoms with Crippen LogP contribution in [-0.4, -0.2) is 15.9 Å². The smallest absolute Gasteiger partial charge is 0.287 e. The van der Waals surface area contributed by atoms with Crippen molar-refractivity contribution in [2.75, 3.05) is 0 Å². The zero-order valence-electron chi connectivity index (χ0n) is 14.3. The minimum Gasteiger partial charge on any atom is -0.451 e. The van der Waals surface area contributed by atoms with Gasteiger partial charge in [-0.3, -0.25) is 19.6 Å². The maximum atomic E-state index is 12.3. The average Bonchev–Trinajstić information content (AvgIpc) is 2.73. The Morgan fingerprint density at radius 2 is 1.93 bits per heavy atom. The van der Waals surface area contributed by atoms with Crippen LogP contribution in [0.1, 0.15) is 16.1 Å². The predicted octanol–water partition coefficient (Wildman–Crippen LogP) is 3.18. The van der Waals surface area contributed by atoms with Crippen LogP contribution < -0.4 is 10.7 Å². The van der Waals surface area contributed by atoms with Crippen LogP contribution in [0.25, 0.3) is 22.2 Å². The molecule has 4 rings (SSSR count). The van der Waals surface area contributed by atoms with Crippen molar-refractivity contribution in [3.05, 3.63) is 94.7 Å². The first-order valence-corrected chi connectivity index (χ1v) is 8.37. The van der Waals surface area contributed by atoms with E-state index in [2.05, 4.69) is 15.3 Å². The van der Waals surface area contributed by atoms with Crippen molar-refractivity contribution < 1.29 is 9.21 Å². The molecule has 132 valence electrons. The molecule has 6 heteroatoms. The lowest BCUT2D eigenvalue weighted by Crippen LogP contribution is -2.24. The van der Waals surface area contributed by atoms with Gasteiger partial charge in [-0.1, -0.05) is 18.2 Å². The first-order valence-electron chi connectivity index (χ1n) is 8.37. The Labute approximate surface area is 154 Å². The molecule has 0 unspecified atom stereocenters. The van der Waals surface area contributed by atoms with E-state index in [1.807, 2.05) is 24.3 Å². The number of para-hydroxylation sites is 1. The summed E-state index contributed by atoms with van der Waals surface area (Å²) in [6.07, 6.45) is 5.14. The summed E-state index contributed by atoms with van der Waals surface area (Å²) in [5.41, 5.74) is 2.70. The predicted molar refractivity (Wildman–Crippen MR) is 101 cm³/mol. The fraction of sp³-hybridized carbons (Fsp3) is 0.0476. The maximum absolute atomic E-state index is 12.3. The summed E-state index contributed by atoms with van der Waals surface area (Å²) >= 11 is 0. The Morgan fingerprint density at radius 3 is 2.70 bits per heavy atom. The highest BCUT2D eigenvalue weighted by atomic mass is 16.3. The van der Waals surface area contributed by atoms with Gasteiger partial charge in [-0.25, -0.2) is 0 Å². The fourth-order valence-corrected chi connectivity index (χ4v) is 2.70. The molecule has 0 fully saturated rings. The molecule has 4 aromatic rings. The van der Waals surface area contributed by atoms with Crippen LogP contribution in [-0.2, 0) is 6.54 Å². The number of pyridine rings is 2. The summed E-state index contributed by atoms with van der Waals surface area (Å²) in [6.45, 7) is 0.274. The van der Waals surface area contributed by atoms with Crippen molar-refractivity contribution in [2.24, 2.45) is 0 Å². The normalized spacial score (nSPS) is 10.7. The molecule has 1 N–H and O–H groups in total. The Morgan fingerprint density at radius 1 is 1.04 bits per heavy atom. The summed E-state index contributed by atoms with van der Waals surface area (Å²) in [7, 11) is 0. The molecular weight excluding hydrogens is 342 g/mol. The largest absolute Gasteiger partial charge is 0.451 e. The molecule has 27 heavy (non-hydrogen) atoms. The Balaban J connectivity index is 1.47. The molecule has 0 saturated carbocycles. The average molecular weight is 357 g/mol. The SMILES string of the molecule is O=C(NCc1ccc(-c2cccnc2)nc1)c1cc(=O)c2ccccc2o1. The van der Waals surface area contributed by atoms with Gasteiger partial charge in [0.25, 0.3) is 5.91 Å². The lowest BCUT2D eigenvalue weighted by molar-refractivity contribution is 0.0923. The van der Waals surface area contributed by atoms with Crippen molar-refractivity contribution in [1.82, 2.24) is 15.3 Å². The molecule has 0 spiro atoms. The van der Waals surface area contributed by atoms with Gasteiger partial charge in [-0.05, 0) is 35.9 Å². The van der Waals surface area contributed by atoms with Gasteiger partial charge < -0.3 is 9.73 Å². The van der Waals surface area contributed by atoms with Crippen LogP contribution in [0.3, 0.4) is 0 Å². The lowest BCUT2D eigenvalue weighted by atomic mass is 10.1. The van der Waals surface area contributed by atoms with Crippen molar-refractivity contribution >= 4 is 16.9 Å². The van der Waals surface area contributed by atoms with Gasteiger partial charge in [-0.2, -0.15) is 0 Å². The molecule has 3 heterocycles. The van der Waals surface area contributed by atoms with E-state index < -0.39 is 5.91 Å². The number of carbonyl (C=O) groups excluding carboxylic acids is 1. The van der Waals surface area contributed by atoms with Crippen molar-refractivity contribution in [2.45, 2.75) is 6.54 Å². The molecule has 0 atom stereocenters. The maximum Gasteiger partial charge on any atom is 0.287 e. The van der Waals surface area contributed by atoms with E-state index in [0.717, 1.165) is 16.8 Å². The highest BCUT2D eigenvalue weighted by molar-refractivity contribution is 5.93. The van der Waals surface area contributed by atoms with Crippen LogP contribution in [0.2, 0.25) is 0 Å². The lowest BCUT2D eigenvalue weighted by Gasteiger charge is -2.06. The number of rotatable bonds is 4. The van der Waals surface area contributed by atoms with E-state index in [1.165, 1.54) is 6.07 Å². The molecule has 1 amide bonds. The van der Waals surface area contributed by atoms with Crippen LogP contribution >= 0.6 is 0 Å². The van der Waals surface area contributed by atoms with Gasteiger partial charge >= 0.3 is 0 Å². The molecule has 0 saturated heterocycles. The first-order chi connectivity index (χ1) is 13.2. The molecule has 0 bridgehead atoms. The Hall–Kier alpha value is -3.80. The van der Waals surface area contributed by atoms with Gasteiger partial charge in [0.1, 0.15) is 5.58 Å². The van der Waals surface area contributed by atoms with Crippen molar-refractivity contribution in [3.63, 3.8) is 0 Å². The van der Waals surface area contributed by atoms with E-state index in [4.69, 9.17) is 4.42 Å². The standard InChI is InChI=1S/C21H15N3O3/c25-18-10-20(27-19-6-2-1-5-16(18)19)21(26)24-12-14-7-8-17(23-11-14)15-4-3-9-22-13-15/h1-11,13H,12H2,(H,24,26). The third-order valence-corrected chi connectivity index (χ3v) is 4.09. The van der Waals surface area contributed by atoms with Gasteiger partial charge in [0.2, 0.25) is 0 Å². The second kappa shape index (κ2) is 7.21. The number of aromatic nitrogens is 2. The Bertz CT molecular complexity index is 1150. The van der Waals surface area contributed by atoms with Gasteiger partial charge in [-0.15, -0.1) is 0 Å². The second-order valence-corrected chi connectivity index (χ2v) is 5.95. The summed E-state index contributed by atoms with van der Waals surface area (Å²) in [4.78, 5) is 32.9. The van der Waals surface area contributed by atoms with Crippen molar-refractivity contribution in [3.8, 4) is 11.3 Å². The Kier molecular flexibility index (Phi) is 4.45. The summed E-state index contributed by atoms with van der Waals surface area (Å²) < 4.78 is 5.54. The highest BCUT2D eigenvalue weighted by Crippen LogP contribution is 2.15. The fourth-order valence-electron chi connectivity index (χ4n) is 2.70.